The highest BCUT2D eigenvalue weighted by Gasteiger charge is 2.63. The van der Waals surface area contributed by atoms with Gasteiger partial charge in [0.15, 0.2) is 5.78 Å². The van der Waals surface area contributed by atoms with Crippen molar-refractivity contribution in [2.45, 2.75) is 49.9 Å². The lowest BCUT2D eigenvalue weighted by Gasteiger charge is -2.44. The topological polar surface area (TPSA) is 86.7 Å². The van der Waals surface area contributed by atoms with E-state index in [1.54, 1.807) is 6.92 Å². The van der Waals surface area contributed by atoms with Crippen molar-refractivity contribution in [1.29, 1.82) is 0 Å². The van der Waals surface area contributed by atoms with E-state index in [9.17, 15) is 19.5 Å². The smallest absolute Gasteiger partial charge is 0.327 e. The molecule has 2 aliphatic heterocycles. The molecule has 0 aromatic rings. The van der Waals surface area contributed by atoms with Gasteiger partial charge in [0.25, 0.3) is 0 Å². The van der Waals surface area contributed by atoms with Crippen molar-refractivity contribution < 1.29 is 19.5 Å². The van der Waals surface area contributed by atoms with Gasteiger partial charge >= 0.3 is 5.97 Å². The van der Waals surface area contributed by atoms with Crippen molar-refractivity contribution in [3.63, 3.8) is 0 Å². The number of hydrogen-bond donors (Lipinski definition) is 2. The van der Waals surface area contributed by atoms with Crippen LogP contribution in [0.15, 0.2) is 11.8 Å². The number of hydrogen-bond acceptors (Lipinski definition) is 5. The highest BCUT2D eigenvalue weighted by Crippen LogP contribution is 2.50. The summed E-state index contributed by atoms with van der Waals surface area (Å²) < 4.78 is -0.527. The van der Waals surface area contributed by atoms with Crippen molar-refractivity contribution >= 4 is 29.4 Å². The normalized spacial score (nSPS) is 31.6. The minimum atomic E-state index is -0.979. The molecule has 1 amide bonds. The van der Waals surface area contributed by atoms with Crippen LogP contribution in [0.2, 0.25) is 0 Å². The Labute approximate surface area is 121 Å². The minimum absolute atomic E-state index is 0.0959. The molecule has 0 aromatic carbocycles. The fourth-order valence-corrected chi connectivity index (χ4v) is 4.36. The highest BCUT2D eigenvalue weighted by molar-refractivity contribution is 8.01. The molecule has 0 aromatic heterocycles. The number of β-lactam (4-membered cyclic amide) rings is 1. The van der Waals surface area contributed by atoms with Gasteiger partial charge in [0, 0.05) is 10.4 Å². The summed E-state index contributed by atoms with van der Waals surface area (Å²) >= 11 is 1.48. The molecule has 110 valence electrons. The standard InChI is InChI=1S/C13H18N2O4S/c1-6(5-7(2)16)14-8-10(17)15-9(12(18)19)13(3,4)20-11(8)15/h5,8-9,11,14H,1-4H3,(H,18,19)/b6-5+/t8?,9-,11+/m0/s1. The predicted molar refractivity (Wildman–Crippen MR) is 75.1 cm³/mol. The fraction of sp³-hybridized carbons (Fsp3) is 0.615. The molecule has 0 aliphatic carbocycles. The second-order valence-corrected chi connectivity index (χ2v) is 7.43. The van der Waals surface area contributed by atoms with Crippen molar-refractivity contribution in [3.05, 3.63) is 11.8 Å². The Morgan fingerprint density at radius 3 is 2.50 bits per heavy atom. The quantitative estimate of drug-likeness (QED) is 0.583. The molecule has 3 atom stereocenters. The summed E-state index contributed by atoms with van der Waals surface area (Å²) in [6, 6.07) is -1.26. The summed E-state index contributed by atoms with van der Waals surface area (Å²) in [6.07, 6.45) is 1.43. The van der Waals surface area contributed by atoms with Crippen LogP contribution < -0.4 is 5.32 Å². The van der Waals surface area contributed by atoms with Gasteiger partial charge in [-0.15, -0.1) is 11.8 Å². The lowest BCUT2D eigenvalue weighted by Crippen LogP contribution is -2.69. The summed E-state index contributed by atoms with van der Waals surface area (Å²) in [5.74, 6) is -1.30. The molecule has 2 aliphatic rings. The second-order valence-electron chi connectivity index (χ2n) is 5.66. The van der Waals surface area contributed by atoms with Crippen LogP contribution in [0, 0.1) is 0 Å². The molecular formula is C13H18N2O4S. The van der Waals surface area contributed by atoms with E-state index >= 15 is 0 Å². The first-order valence-electron chi connectivity index (χ1n) is 6.33. The summed E-state index contributed by atoms with van der Waals surface area (Å²) in [6.45, 7) is 6.82. The van der Waals surface area contributed by atoms with Crippen LogP contribution in [-0.4, -0.2) is 49.9 Å². The van der Waals surface area contributed by atoms with E-state index in [-0.39, 0.29) is 17.1 Å². The van der Waals surface area contributed by atoms with Gasteiger partial charge in [-0.1, -0.05) is 0 Å². The molecule has 2 rings (SSSR count). The Kier molecular flexibility index (Phi) is 3.58. The highest BCUT2D eigenvalue weighted by atomic mass is 32.2. The average Bonchev–Trinajstić information content (AvgIpc) is 2.54. The Balaban J connectivity index is 2.15. The monoisotopic (exact) mass is 298 g/mol. The maximum atomic E-state index is 12.1. The van der Waals surface area contributed by atoms with Gasteiger partial charge in [-0.3, -0.25) is 9.59 Å². The summed E-state index contributed by atoms with van der Waals surface area (Å²) in [5, 5.41) is 12.1. The van der Waals surface area contributed by atoms with Crippen molar-refractivity contribution in [3.8, 4) is 0 Å². The van der Waals surface area contributed by atoms with Crippen LogP contribution in [0.3, 0.4) is 0 Å². The number of carbonyl (C=O) groups is 3. The van der Waals surface area contributed by atoms with Crippen molar-refractivity contribution in [2.75, 3.05) is 0 Å². The molecule has 0 radical (unpaired) electrons. The van der Waals surface area contributed by atoms with E-state index in [2.05, 4.69) is 5.32 Å². The number of nitrogens with zero attached hydrogens (tertiary/aromatic N) is 1. The predicted octanol–water partition coefficient (Wildman–Crippen LogP) is 0.584. The maximum Gasteiger partial charge on any atom is 0.327 e. The minimum Gasteiger partial charge on any atom is -0.480 e. The third-order valence-electron chi connectivity index (χ3n) is 3.48. The molecule has 2 heterocycles. The zero-order chi connectivity index (χ0) is 15.2. The van der Waals surface area contributed by atoms with E-state index in [1.165, 1.54) is 29.7 Å². The molecule has 7 heteroatoms. The Morgan fingerprint density at radius 1 is 1.40 bits per heavy atom. The van der Waals surface area contributed by atoms with E-state index in [4.69, 9.17) is 0 Å². The molecule has 6 nitrogen and oxygen atoms in total. The van der Waals surface area contributed by atoms with Gasteiger partial charge in [0.05, 0.1) is 0 Å². The lowest BCUT2D eigenvalue weighted by atomic mass is 9.96. The van der Waals surface area contributed by atoms with E-state index in [1.807, 2.05) is 13.8 Å². The van der Waals surface area contributed by atoms with E-state index in [0.717, 1.165) is 0 Å². The van der Waals surface area contributed by atoms with Gasteiger partial charge in [-0.05, 0) is 33.8 Å². The molecule has 2 fully saturated rings. The number of fused-ring (bicyclic) bond motifs is 1. The first kappa shape index (κ1) is 14.9. The Morgan fingerprint density at radius 2 is 2.00 bits per heavy atom. The van der Waals surface area contributed by atoms with Gasteiger partial charge in [-0.25, -0.2) is 4.79 Å². The number of thioether (sulfide) groups is 1. The summed E-state index contributed by atoms with van der Waals surface area (Å²) in [5.41, 5.74) is 0.618. The SMILES string of the molecule is CC(=O)/C=C(\C)NC1C(=O)N2[C@@H]1SC(C)(C)[C@@H]2C(=O)O. The van der Waals surface area contributed by atoms with Gasteiger partial charge < -0.3 is 15.3 Å². The molecule has 0 bridgehead atoms. The van der Waals surface area contributed by atoms with Crippen LogP contribution in [0.5, 0.6) is 0 Å². The van der Waals surface area contributed by atoms with Gasteiger partial charge in [-0.2, -0.15) is 0 Å². The molecule has 0 spiro atoms. The largest absolute Gasteiger partial charge is 0.480 e. The number of carbonyl (C=O) groups excluding carboxylic acids is 2. The number of carboxylic acids is 1. The molecule has 1 unspecified atom stereocenters. The van der Waals surface area contributed by atoms with Crippen LogP contribution >= 0.6 is 11.8 Å². The number of nitrogens with one attached hydrogen (secondary N) is 1. The Hall–Kier alpha value is -1.50. The molecular weight excluding hydrogens is 280 g/mol. The number of amides is 1. The zero-order valence-corrected chi connectivity index (χ0v) is 12.7. The summed E-state index contributed by atoms with van der Waals surface area (Å²) in [4.78, 5) is 35.9. The van der Waals surface area contributed by atoms with Gasteiger partial charge in [0.1, 0.15) is 17.5 Å². The third kappa shape index (κ3) is 2.30. The number of allylic oxidation sites excluding steroid dienone is 2. The van der Waals surface area contributed by atoms with Crippen LogP contribution in [0.4, 0.5) is 0 Å². The number of aliphatic carboxylic acids is 1. The second kappa shape index (κ2) is 4.80. The summed E-state index contributed by atoms with van der Waals surface area (Å²) in [7, 11) is 0. The van der Waals surface area contributed by atoms with Crippen LogP contribution in [-0.2, 0) is 14.4 Å². The van der Waals surface area contributed by atoms with E-state index in [0.29, 0.717) is 5.70 Å². The number of ketones is 1. The van der Waals surface area contributed by atoms with Crippen molar-refractivity contribution in [2.24, 2.45) is 0 Å². The maximum absolute atomic E-state index is 12.1. The lowest BCUT2D eigenvalue weighted by molar-refractivity contribution is -0.160. The third-order valence-corrected chi connectivity index (χ3v) is 5.05. The zero-order valence-electron chi connectivity index (χ0n) is 11.8. The number of rotatable bonds is 4. The fourth-order valence-electron chi connectivity index (χ4n) is 2.74. The molecule has 2 N–H and O–H groups in total. The number of carboxylic acid groups (broad SMARTS) is 1. The molecule has 2 saturated heterocycles. The molecule has 20 heavy (non-hydrogen) atoms. The van der Waals surface area contributed by atoms with Crippen molar-refractivity contribution in [1.82, 2.24) is 10.2 Å². The first-order valence-corrected chi connectivity index (χ1v) is 7.21. The van der Waals surface area contributed by atoms with E-state index < -0.39 is 22.8 Å². The molecule has 0 saturated carbocycles. The van der Waals surface area contributed by atoms with Crippen LogP contribution in [0.1, 0.15) is 27.7 Å². The Bertz CT molecular complexity index is 515. The van der Waals surface area contributed by atoms with Gasteiger partial charge in [0.2, 0.25) is 5.91 Å². The first-order chi connectivity index (χ1) is 9.15. The van der Waals surface area contributed by atoms with Crippen LogP contribution in [0.25, 0.3) is 0 Å². The average molecular weight is 298 g/mol.